The van der Waals surface area contributed by atoms with Crippen molar-refractivity contribution in [1.82, 2.24) is 10.6 Å². The Balaban J connectivity index is 1.71. The average Bonchev–Trinajstić information content (AvgIpc) is 2.83. The number of carbonyl (C=O) groups is 1. The van der Waals surface area contributed by atoms with Crippen LogP contribution in [0.2, 0.25) is 0 Å². The van der Waals surface area contributed by atoms with Crippen molar-refractivity contribution < 1.29 is 9.53 Å². The molecule has 2 N–H and O–H groups in total. The smallest absolute Gasteiger partial charge is 0.407 e. The molecular weight excluding hydrogens is 276 g/mol. The summed E-state index contributed by atoms with van der Waals surface area (Å²) in [6, 6.07) is 9.27. The van der Waals surface area contributed by atoms with Crippen molar-refractivity contribution in [3.05, 3.63) is 35.4 Å². The van der Waals surface area contributed by atoms with E-state index in [1.807, 2.05) is 20.8 Å². The fourth-order valence-electron chi connectivity index (χ4n) is 2.74. The van der Waals surface area contributed by atoms with Gasteiger partial charge in [-0.05, 0) is 52.5 Å². The lowest BCUT2D eigenvalue weighted by atomic mass is 10.1. The Hall–Kier alpha value is -1.55. The second-order valence-electron chi connectivity index (χ2n) is 7.22. The molecule has 122 valence electrons. The Morgan fingerprint density at radius 1 is 1.18 bits per heavy atom. The molecule has 1 amide bonds. The van der Waals surface area contributed by atoms with E-state index < -0.39 is 5.60 Å². The molecule has 4 nitrogen and oxygen atoms in total. The van der Waals surface area contributed by atoms with Crippen LogP contribution in [0.4, 0.5) is 4.79 Å². The van der Waals surface area contributed by atoms with Crippen LogP contribution in [0.1, 0.15) is 51.2 Å². The first-order chi connectivity index (χ1) is 10.3. The van der Waals surface area contributed by atoms with Gasteiger partial charge in [-0.2, -0.15) is 0 Å². The maximum absolute atomic E-state index is 11.8. The number of nitrogens with one attached hydrogen (secondary N) is 2. The Morgan fingerprint density at radius 3 is 2.45 bits per heavy atom. The van der Waals surface area contributed by atoms with Gasteiger partial charge in [-0.3, -0.25) is 0 Å². The minimum absolute atomic E-state index is 0.213. The maximum atomic E-state index is 11.8. The van der Waals surface area contributed by atoms with E-state index in [2.05, 4.69) is 41.8 Å². The number of rotatable bonds is 4. The molecule has 0 aromatic heterocycles. The summed E-state index contributed by atoms with van der Waals surface area (Å²) < 4.78 is 5.30. The third kappa shape index (κ3) is 5.68. The van der Waals surface area contributed by atoms with Crippen LogP contribution in [0, 0.1) is 6.92 Å². The van der Waals surface area contributed by atoms with Gasteiger partial charge >= 0.3 is 6.09 Å². The van der Waals surface area contributed by atoms with Gasteiger partial charge in [0.1, 0.15) is 5.60 Å². The zero-order valence-corrected chi connectivity index (χ0v) is 14.1. The highest BCUT2D eigenvalue weighted by molar-refractivity contribution is 5.68. The Bertz CT molecular complexity index is 491. The van der Waals surface area contributed by atoms with Gasteiger partial charge in [-0.15, -0.1) is 0 Å². The number of ether oxygens (including phenoxy) is 1. The maximum Gasteiger partial charge on any atom is 0.407 e. The van der Waals surface area contributed by atoms with Gasteiger partial charge in [0.2, 0.25) is 0 Å². The monoisotopic (exact) mass is 304 g/mol. The normalized spacial score (nSPS) is 21.6. The van der Waals surface area contributed by atoms with Crippen LogP contribution >= 0.6 is 0 Å². The fourth-order valence-corrected chi connectivity index (χ4v) is 2.74. The largest absolute Gasteiger partial charge is 0.444 e. The number of alkyl carbamates (subject to hydrolysis) is 1. The Labute approximate surface area is 133 Å². The van der Waals surface area contributed by atoms with E-state index in [0.29, 0.717) is 6.04 Å². The zero-order valence-electron chi connectivity index (χ0n) is 14.1. The molecule has 0 aliphatic heterocycles. The van der Waals surface area contributed by atoms with E-state index in [-0.39, 0.29) is 12.1 Å². The molecule has 1 aliphatic rings. The van der Waals surface area contributed by atoms with Gasteiger partial charge < -0.3 is 15.4 Å². The molecule has 0 saturated heterocycles. The van der Waals surface area contributed by atoms with Gasteiger partial charge in [-0.25, -0.2) is 4.79 Å². The molecule has 2 atom stereocenters. The van der Waals surface area contributed by atoms with E-state index in [9.17, 15) is 4.79 Å². The predicted molar refractivity (Wildman–Crippen MR) is 88.8 cm³/mol. The van der Waals surface area contributed by atoms with Gasteiger partial charge in [0.25, 0.3) is 0 Å². The SMILES string of the molecule is Cc1ccc(CNC2CCC(NC(=O)OC(C)(C)C)C2)cc1. The number of benzene rings is 1. The fraction of sp³-hybridized carbons (Fsp3) is 0.611. The average molecular weight is 304 g/mol. The van der Waals surface area contributed by atoms with E-state index in [1.54, 1.807) is 0 Å². The quantitative estimate of drug-likeness (QED) is 0.894. The van der Waals surface area contributed by atoms with Crippen LogP contribution in [0.25, 0.3) is 0 Å². The molecule has 2 rings (SSSR count). The molecule has 1 aromatic carbocycles. The van der Waals surface area contributed by atoms with Crippen LogP contribution in [0.15, 0.2) is 24.3 Å². The van der Waals surface area contributed by atoms with E-state index in [1.165, 1.54) is 11.1 Å². The molecule has 0 heterocycles. The van der Waals surface area contributed by atoms with Crippen LogP contribution < -0.4 is 10.6 Å². The minimum Gasteiger partial charge on any atom is -0.444 e. The molecule has 0 bridgehead atoms. The highest BCUT2D eigenvalue weighted by atomic mass is 16.6. The lowest BCUT2D eigenvalue weighted by Crippen LogP contribution is -2.38. The Kier molecular flexibility index (Phi) is 5.46. The van der Waals surface area contributed by atoms with Crippen molar-refractivity contribution in [2.24, 2.45) is 0 Å². The van der Waals surface area contributed by atoms with E-state index in [0.717, 1.165) is 25.8 Å². The summed E-state index contributed by atoms with van der Waals surface area (Å²) in [6.07, 6.45) is 2.75. The molecule has 1 saturated carbocycles. The molecule has 22 heavy (non-hydrogen) atoms. The molecule has 1 aliphatic carbocycles. The first-order valence-electron chi connectivity index (χ1n) is 8.10. The minimum atomic E-state index is -0.439. The molecule has 1 fully saturated rings. The highest BCUT2D eigenvalue weighted by Crippen LogP contribution is 2.20. The molecule has 2 unspecified atom stereocenters. The summed E-state index contributed by atoms with van der Waals surface area (Å²) in [7, 11) is 0. The summed E-state index contributed by atoms with van der Waals surface area (Å²) in [4.78, 5) is 11.8. The zero-order chi connectivity index (χ0) is 16.2. The van der Waals surface area contributed by atoms with Gasteiger partial charge in [0.15, 0.2) is 0 Å². The lowest BCUT2D eigenvalue weighted by molar-refractivity contribution is 0.0505. The van der Waals surface area contributed by atoms with Crippen molar-refractivity contribution >= 4 is 6.09 Å². The summed E-state index contributed by atoms with van der Waals surface area (Å²) >= 11 is 0. The highest BCUT2D eigenvalue weighted by Gasteiger charge is 2.27. The summed E-state index contributed by atoms with van der Waals surface area (Å²) in [6.45, 7) is 8.62. The van der Waals surface area contributed by atoms with Crippen molar-refractivity contribution in [2.45, 2.75) is 71.2 Å². The number of carbonyl (C=O) groups excluding carboxylic acids is 1. The molecule has 4 heteroatoms. The second-order valence-corrected chi connectivity index (χ2v) is 7.22. The molecule has 0 spiro atoms. The van der Waals surface area contributed by atoms with Crippen molar-refractivity contribution in [1.29, 1.82) is 0 Å². The number of hydrogen-bond acceptors (Lipinski definition) is 3. The van der Waals surface area contributed by atoms with Crippen molar-refractivity contribution in [3.63, 3.8) is 0 Å². The van der Waals surface area contributed by atoms with E-state index >= 15 is 0 Å². The Morgan fingerprint density at radius 2 is 1.82 bits per heavy atom. The number of amides is 1. The standard InChI is InChI=1S/C18H28N2O2/c1-13-5-7-14(8-6-13)12-19-15-9-10-16(11-15)20-17(21)22-18(2,3)4/h5-8,15-16,19H,9-12H2,1-4H3,(H,20,21). The van der Waals surface area contributed by atoms with Crippen molar-refractivity contribution in [3.8, 4) is 0 Å². The first kappa shape index (κ1) is 16.8. The van der Waals surface area contributed by atoms with Gasteiger partial charge in [0, 0.05) is 18.6 Å². The van der Waals surface area contributed by atoms with E-state index in [4.69, 9.17) is 4.74 Å². The third-order valence-corrected chi connectivity index (χ3v) is 3.87. The number of aryl methyl sites for hydroxylation is 1. The van der Waals surface area contributed by atoms with Gasteiger partial charge in [0.05, 0.1) is 0 Å². The third-order valence-electron chi connectivity index (χ3n) is 3.87. The van der Waals surface area contributed by atoms with Gasteiger partial charge in [-0.1, -0.05) is 29.8 Å². The molecular formula is C18H28N2O2. The second kappa shape index (κ2) is 7.14. The molecule has 1 aromatic rings. The topological polar surface area (TPSA) is 50.4 Å². The lowest BCUT2D eigenvalue weighted by Gasteiger charge is -2.21. The van der Waals surface area contributed by atoms with Crippen LogP contribution in [0.5, 0.6) is 0 Å². The number of hydrogen-bond donors (Lipinski definition) is 2. The van der Waals surface area contributed by atoms with Crippen LogP contribution in [0.3, 0.4) is 0 Å². The van der Waals surface area contributed by atoms with Crippen molar-refractivity contribution in [2.75, 3.05) is 0 Å². The first-order valence-corrected chi connectivity index (χ1v) is 8.10. The summed E-state index contributed by atoms with van der Waals surface area (Å²) in [5, 5.41) is 6.55. The predicted octanol–water partition coefficient (Wildman–Crippen LogP) is 3.53. The van der Waals surface area contributed by atoms with Crippen LogP contribution in [-0.4, -0.2) is 23.8 Å². The summed E-state index contributed by atoms with van der Waals surface area (Å²) in [5.41, 5.74) is 2.14. The summed E-state index contributed by atoms with van der Waals surface area (Å²) in [5.74, 6) is 0. The molecule has 0 radical (unpaired) electrons. The van der Waals surface area contributed by atoms with Crippen LogP contribution in [-0.2, 0) is 11.3 Å².